The van der Waals surface area contributed by atoms with E-state index in [4.69, 9.17) is 16.7 Å². The molecule has 1 atom stereocenters. The molecule has 4 nitrogen and oxygen atoms in total. The molecule has 0 aliphatic heterocycles. The number of hydrogen-bond donors (Lipinski definition) is 3. The number of hydrogen-bond acceptors (Lipinski definition) is 3. The Hall–Kier alpha value is -1.26. The number of phenols is 1. The molecule has 0 fully saturated rings. The highest BCUT2D eigenvalue weighted by Crippen LogP contribution is 2.20. The summed E-state index contributed by atoms with van der Waals surface area (Å²) in [6.07, 6.45) is -0.620. The van der Waals surface area contributed by atoms with E-state index in [9.17, 15) is 9.90 Å². The first kappa shape index (κ1) is 11.8. The average Bonchev–Trinajstić information content (AvgIpc) is 2.18. The normalized spacial score (nSPS) is 12.2. The molecule has 0 bridgehead atoms. The van der Waals surface area contributed by atoms with Crippen molar-refractivity contribution in [3.05, 3.63) is 28.8 Å². The maximum atomic E-state index is 11.5. The van der Waals surface area contributed by atoms with Crippen LogP contribution < -0.4 is 5.32 Å². The predicted molar refractivity (Wildman–Crippen MR) is 57.1 cm³/mol. The summed E-state index contributed by atoms with van der Waals surface area (Å²) in [5.74, 6) is -0.446. The topological polar surface area (TPSA) is 69.6 Å². The van der Waals surface area contributed by atoms with Crippen molar-refractivity contribution in [2.75, 3.05) is 6.54 Å². The molecule has 0 aromatic heterocycles. The summed E-state index contributed by atoms with van der Waals surface area (Å²) >= 11 is 5.77. The summed E-state index contributed by atoms with van der Waals surface area (Å²) in [6, 6.07) is 4.11. The van der Waals surface area contributed by atoms with E-state index in [-0.39, 0.29) is 22.9 Å². The minimum atomic E-state index is -0.620. The number of aromatic hydroxyl groups is 1. The Morgan fingerprint density at radius 1 is 1.60 bits per heavy atom. The van der Waals surface area contributed by atoms with E-state index in [0.717, 1.165) is 0 Å². The maximum Gasteiger partial charge on any atom is 0.253 e. The molecule has 82 valence electrons. The SMILES string of the molecule is C[C@H](O)CNC(=O)c1cc(O)ccc1Cl. The number of halogens is 1. The lowest BCUT2D eigenvalue weighted by atomic mass is 10.2. The van der Waals surface area contributed by atoms with Crippen molar-refractivity contribution in [1.82, 2.24) is 5.32 Å². The van der Waals surface area contributed by atoms with Crippen molar-refractivity contribution >= 4 is 17.5 Å². The van der Waals surface area contributed by atoms with E-state index >= 15 is 0 Å². The van der Waals surface area contributed by atoms with Crippen LogP contribution in [-0.4, -0.2) is 28.8 Å². The van der Waals surface area contributed by atoms with Crippen LogP contribution in [0.3, 0.4) is 0 Å². The number of carbonyl (C=O) groups excluding carboxylic acids is 1. The zero-order valence-electron chi connectivity index (χ0n) is 8.20. The molecule has 0 unspecified atom stereocenters. The number of aliphatic hydroxyl groups excluding tert-OH is 1. The Labute approximate surface area is 92.5 Å². The maximum absolute atomic E-state index is 11.5. The van der Waals surface area contributed by atoms with Crippen molar-refractivity contribution in [2.45, 2.75) is 13.0 Å². The lowest BCUT2D eigenvalue weighted by molar-refractivity contribution is 0.0924. The van der Waals surface area contributed by atoms with Gasteiger partial charge in [-0.05, 0) is 25.1 Å². The largest absolute Gasteiger partial charge is 0.508 e. The van der Waals surface area contributed by atoms with Gasteiger partial charge >= 0.3 is 0 Å². The van der Waals surface area contributed by atoms with Crippen LogP contribution in [0, 0.1) is 0 Å². The second kappa shape index (κ2) is 5.00. The van der Waals surface area contributed by atoms with E-state index in [1.165, 1.54) is 18.2 Å². The van der Waals surface area contributed by atoms with Gasteiger partial charge in [0.2, 0.25) is 0 Å². The molecule has 0 saturated heterocycles. The summed E-state index contributed by atoms with van der Waals surface area (Å²) in [7, 11) is 0. The van der Waals surface area contributed by atoms with Gasteiger partial charge in [-0.1, -0.05) is 11.6 Å². The van der Waals surface area contributed by atoms with Gasteiger partial charge in [-0.3, -0.25) is 4.79 Å². The third-order valence-electron chi connectivity index (χ3n) is 1.75. The van der Waals surface area contributed by atoms with Gasteiger partial charge < -0.3 is 15.5 Å². The number of phenolic OH excluding ortho intramolecular Hbond substituents is 1. The molecule has 0 saturated carbocycles. The summed E-state index contributed by atoms with van der Waals surface area (Å²) < 4.78 is 0. The van der Waals surface area contributed by atoms with Crippen molar-refractivity contribution in [3.63, 3.8) is 0 Å². The van der Waals surface area contributed by atoms with E-state index in [1.807, 2.05) is 0 Å². The molecule has 1 aromatic carbocycles. The molecule has 5 heteroatoms. The van der Waals surface area contributed by atoms with Crippen LogP contribution in [0.15, 0.2) is 18.2 Å². The molecule has 0 aliphatic rings. The van der Waals surface area contributed by atoms with Crippen molar-refractivity contribution in [3.8, 4) is 5.75 Å². The Balaban J connectivity index is 2.77. The fourth-order valence-corrected chi connectivity index (χ4v) is 1.23. The van der Waals surface area contributed by atoms with Gasteiger partial charge in [-0.25, -0.2) is 0 Å². The summed E-state index contributed by atoms with van der Waals surface area (Å²) in [5, 5.41) is 20.9. The second-order valence-corrected chi connectivity index (χ2v) is 3.63. The molecule has 15 heavy (non-hydrogen) atoms. The zero-order chi connectivity index (χ0) is 11.4. The van der Waals surface area contributed by atoms with Gasteiger partial charge in [-0.15, -0.1) is 0 Å². The molecule has 1 amide bonds. The van der Waals surface area contributed by atoms with Crippen LogP contribution in [0.2, 0.25) is 5.02 Å². The van der Waals surface area contributed by atoms with Gasteiger partial charge in [0, 0.05) is 6.54 Å². The van der Waals surface area contributed by atoms with Gasteiger partial charge in [0.05, 0.1) is 16.7 Å². The van der Waals surface area contributed by atoms with Crippen LogP contribution in [0.4, 0.5) is 0 Å². The highest BCUT2D eigenvalue weighted by atomic mass is 35.5. The molecule has 3 N–H and O–H groups in total. The van der Waals surface area contributed by atoms with Gasteiger partial charge in [0.1, 0.15) is 5.75 Å². The third kappa shape index (κ3) is 3.42. The summed E-state index contributed by atoms with van der Waals surface area (Å²) in [4.78, 5) is 11.5. The number of rotatable bonds is 3. The number of aliphatic hydroxyl groups is 1. The molecule has 0 aliphatic carbocycles. The van der Waals surface area contributed by atoms with Crippen molar-refractivity contribution in [1.29, 1.82) is 0 Å². The Morgan fingerprint density at radius 3 is 2.87 bits per heavy atom. The molecular weight excluding hydrogens is 218 g/mol. The highest BCUT2D eigenvalue weighted by molar-refractivity contribution is 6.33. The van der Waals surface area contributed by atoms with E-state index in [2.05, 4.69) is 5.32 Å². The van der Waals surface area contributed by atoms with Crippen LogP contribution >= 0.6 is 11.6 Å². The first-order chi connectivity index (χ1) is 7.00. The smallest absolute Gasteiger partial charge is 0.253 e. The molecule has 0 heterocycles. The van der Waals surface area contributed by atoms with Gasteiger partial charge in [-0.2, -0.15) is 0 Å². The van der Waals surface area contributed by atoms with E-state index in [1.54, 1.807) is 6.92 Å². The number of benzene rings is 1. The van der Waals surface area contributed by atoms with E-state index in [0.29, 0.717) is 0 Å². The van der Waals surface area contributed by atoms with Crippen LogP contribution in [-0.2, 0) is 0 Å². The first-order valence-electron chi connectivity index (χ1n) is 4.45. The van der Waals surface area contributed by atoms with E-state index < -0.39 is 12.0 Å². The number of carbonyl (C=O) groups is 1. The molecular formula is C10H12ClNO3. The number of nitrogens with one attached hydrogen (secondary N) is 1. The highest BCUT2D eigenvalue weighted by Gasteiger charge is 2.11. The monoisotopic (exact) mass is 229 g/mol. The van der Waals surface area contributed by atoms with Crippen LogP contribution in [0.5, 0.6) is 5.75 Å². The Bertz CT molecular complexity index is 366. The van der Waals surface area contributed by atoms with Gasteiger partial charge in [0.15, 0.2) is 0 Å². The standard InChI is InChI=1S/C10H12ClNO3/c1-6(13)5-12-10(15)8-4-7(14)2-3-9(8)11/h2-4,6,13-14H,5H2,1H3,(H,12,15)/t6-/m0/s1. The molecule has 0 spiro atoms. The molecule has 1 rings (SSSR count). The minimum absolute atomic E-state index is 0.0263. The van der Waals surface area contributed by atoms with Crippen molar-refractivity contribution < 1.29 is 15.0 Å². The zero-order valence-corrected chi connectivity index (χ0v) is 8.95. The fraction of sp³-hybridized carbons (Fsp3) is 0.300. The first-order valence-corrected chi connectivity index (χ1v) is 4.83. The van der Waals surface area contributed by atoms with Gasteiger partial charge in [0.25, 0.3) is 5.91 Å². The summed E-state index contributed by atoms with van der Waals surface area (Å²) in [6.45, 7) is 1.70. The Kier molecular flexibility index (Phi) is 3.94. The molecule has 1 aromatic rings. The molecule has 0 radical (unpaired) electrons. The average molecular weight is 230 g/mol. The second-order valence-electron chi connectivity index (χ2n) is 3.22. The third-order valence-corrected chi connectivity index (χ3v) is 2.08. The minimum Gasteiger partial charge on any atom is -0.508 e. The Morgan fingerprint density at radius 2 is 2.27 bits per heavy atom. The van der Waals surface area contributed by atoms with Crippen molar-refractivity contribution in [2.24, 2.45) is 0 Å². The summed E-state index contributed by atoms with van der Waals surface area (Å²) in [5.41, 5.74) is 0.192. The predicted octanol–water partition coefficient (Wildman–Crippen LogP) is 1.16. The lowest BCUT2D eigenvalue weighted by Crippen LogP contribution is -2.30. The quantitative estimate of drug-likeness (QED) is 0.729. The lowest BCUT2D eigenvalue weighted by Gasteiger charge is -2.08. The fourth-order valence-electron chi connectivity index (χ4n) is 1.02. The van der Waals surface area contributed by atoms with Crippen LogP contribution in [0.1, 0.15) is 17.3 Å². The number of amides is 1. The van der Waals surface area contributed by atoms with Crippen LogP contribution in [0.25, 0.3) is 0 Å².